The van der Waals surface area contributed by atoms with E-state index in [4.69, 9.17) is 0 Å². The van der Waals surface area contributed by atoms with E-state index in [1.807, 2.05) is 32.0 Å². The van der Waals surface area contributed by atoms with Crippen LogP contribution in [0.5, 0.6) is 0 Å². The van der Waals surface area contributed by atoms with Gasteiger partial charge in [-0.1, -0.05) is 13.0 Å². The lowest BCUT2D eigenvalue weighted by atomic mass is 9.96. The molecular weight excluding hydrogens is 174 g/mol. The molecule has 2 nitrogen and oxygen atoms in total. The van der Waals surface area contributed by atoms with Gasteiger partial charge in [0.2, 0.25) is 0 Å². The summed E-state index contributed by atoms with van der Waals surface area (Å²) in [6.07, 6.45) is 1.67. The summed E-state index contributed by atoms with van der Waals surface area (Å²) in [6.45, 7) is 5.67. The maximum absolute atomic E-state index is 11.2. The summed E-state index contributed by atoms with van der Waals surface area (Å²) in [5.74, 6) is 0.389. The van der Waals surface area contributed by atoms with E-state index in [1.54, 1.807) is 6.92 Å². The Morgan fingerprint density at radius 3 is 2.71 bits per heavy atom. The van der Waals surface area contributed by atoms with Crippen LogP contribution < -0.4 is 0 Å². The molecule has 0 aliphatic heterocycles. The predicted molar refractivity (Wildman–Crippen MR) is 57.1 cm³/mol. The van der Waals surface area contributed by atoms with Crippen LogP contribution in [-0.2, 0) is 11.2 Å². The van der Waals surface area contributed by atoms with Gasteiger partial charge in [0.25, 0.3) is 0 Å². The van der Waals surface area contributed by atoms with E-state index in [2.05, 4.69) is 4.98 Å². The zero-order valence-corrected chi connectivity index (χ0v) is 9.08. The van der Waals surface area contributed by atoms with E-state index in [0.29, 0.717) is 0 Å². The monoisotopic (exact) mass is 191 g/mol. The van der Waals surface area contributed by atoms with Gasteiger partial charge in [-0.15, -0.1) is 0 Å². The molecule has 14 heavy (non-hydrogen) atoms. The SMILES string of the molecule is CCC(Cc1cccc(C)n1)C(C)=O. The van der Waals surface area contributed by atoms with Crippen molar-refractivity contribution in [3.8, 4) is 0 Å². The van der Waals surface area contributed by atoms with Gasteiger partial charge in [0.05, 0.1) is 0 Å². The zero-order chi connectivity index (χ0) is 10.6. The summed E-state index contributed by atoms with van der Waals surface area (Å²) in [5.41, 5.74) is 2.04. The average molecular weight is 191 g/mol. The van der Waals surface area contributed by atoms with Gasteiger partial charge >= 0.3 is 0 Å². The Hall–Kier alpha value is -1.18. The quantitative estimate of drug-likeness (QED) is 0.732. The molecule has 0 aliphatic rings. The molecule has 1 aromatic rings. The summed E-state index contributed by atoms with van der Waals surface area (Å²) < 4.78 is 0. The normalized spacial score (nSPS) is 12.5. The number of Topliss-reactive ketones (excluding diaryl/α,β-unsaturated/α-hetero) is 1. The van der Waals surface area contributed by atoms with Gasteiger partial charge in [0, 0.05) is 17.3 Å². The Kier molecular flexibility index (Phi) is 3.81. The van der Waals surface area contributed by atoms with E-state index in [1.165, 1.54) is 0 Å². The highest BCUT2D eigenvalue weighted by atomic mass is 16.1. The molecule has 0 saturated heterocycles. The van der Waals surface area contributed by atoms with Crippen LogP contribution in [0.2, 0.25) is 0 Å². The molecule has 0 fully saturated rings. The van der Waals surface area contributed by atoms with Crippen LogP contribution in [0.3, 0.4) is 0 Å². The first-order valence-corrected chi connectivity index (χ1v) is 5.06. The second-order valence-corrected chi connectivity index (χ2v) is 3.69. The number of pyridine rings is 1. The second kappa shape index (κ2) is 4.89. The number of aromatic nitrogens is 1. The Morgan fingerprint density at radius 2 is 2.21 bits per heavy atom. The van der Waals surface area contributed by atoms with Crippen molar-refractivity contribution >= 4 is 5.78 Å². The number of carbonyl (C=O) groups excluding carboxylic acids is 1. The van der Waals surface area contributed by atoms with Crippen LogP contribution in [0.25, 0.3) is 0 Å². The Bertz CT molecular complexity index is 320. The fourth-order valence-corrected chi connectivity index (χ4v) is 1.54. The lowest BCUT2D eigenvalue weighted by molar-refractivity contribution is -0.120. The van der Waals surface area contributed by atoms with Crippen LogP contribution >= 0.6 is 0 Å². The molecule has 0 N–H and O–H groups in total. The Morgan fingerprint density at radius 1 is 1.50 bits per heavy atom. The lowest BCUT2D eigenvalue weighted by Crippen LogP contribution is -2.13. The molecule has 1 heterocycles. The lowest BCUT2D eigenvalue weighted by Gasteiger charge is -2.10. The molecule has 2 heteroatoms. The van der Waals surface area contributed by atoms with Crippen molar-refractivity contribution in [2.24, 2.45) is 5.92 Å². The predicted octanol–water partition coefficient (Wildman–Crippen LogP) is 2.55. The number of ketones is 1. The first-order valence-electron chi connectivity index (χ1n) is 5.06. The zero-order valence-electron chi connectivity index (χ0n) is 9.08. The van der Waals surface area contributed by atoms with Crippen molar-refractivity contribution in [3.05, 3.63) is 29.6 Å². The fourth-order valence-electron chi connectivity index (χ4n) is 1.54. The molecule has 1 aromatic heterocycles. The summed E-state index contributed by atoms with van der Waals surface area (Å²) in [4.78, 5) is 15.6. The molecule has 0 radical (unpaired) electrons. The van der Waals surface area contributed by atoms with Crippen LogP contribution in [0, 0.1) is 12.8 Å². The average Bonchev–Trinajstić information content (AvgIpc) is 2.14. The third-order valence-electron chi connectivity index (χ3n) is 2.47. The van der Waals surface area contributed by atoms with E-state index in [0.717, 1.165) is 24.2 Å². The van der Waals surface area contributed by atoms with Crippen LogP contribution in [0.1, 0.15) is 31.7 Å². The summed E-state index contributed by atoms with van der Waals surface area (Å²) >= 11 is 0. The van der Waals surface area contributed by atoms with Gasteiger partial charge in [0.15, 0.2) is 0 Å². The highest BCUT2D eigenvalue weighted by molar-refractivity contribution is 5.78. The minimum atomic E-state index is 0.129. The first-order chi connectivity index (χ1) is 6.63. The molecule has 0 amide bonds. The van der Waals surface area contributed by atoms with Crippen molar-refractivity contribution in [1.82, 2.24) is 4.98 Å². The van der Waals surface area contributed by atoms with Gasteiger partial charge in [-0.2, -0.15) is 0 Å². The summed E-state index contributed by atoms with van der Waals surface area (Å²) in [7, 11) is 0. The van der Waals surface area contributed by atoms with Gasteiger partial charge in [0.1, 0.15) is 5.78 Å². The maximum atomic E-state index is 11.2. The van der Waals surface area contributed by atoms with E-state index < -0.39 is 0 Å². The van der Waals surface area contributed by atoms with Gasteiger partial charge in [-0.25, -0.2) is 0 Å². The standard InChI is InChI=1S/C12H17NO/c1-4-11(10(3)14)8-12-7-5-6-9(2)13-12/h5-7,11H,4,8H2,1-3H3. The fraction of sp³-hybridized carbons (Fsp3) is 0.500. The molecule has 0 bridgehead atoms. The van der Waals surface area contributed by atoms with Crippen LogP contribution in [-0.4, -0.2) is 10.8 Å². The molecule has 0 aliphatic carbocycles. The van der Waals surface area contributed by atoms with Crippen molar-refractivity contribution in [2.75, 3.05) is 0 Å². The first kappa shape index (κ1) is 10.9. The third kappa shape index (κ3) is 2.95. The molecule has 1 unspecified atom stereocenters. The number of nitrogens with zero attached hydrogens (tertiary/aromatic N) is 1. The number of rotatable bonds is 4. The number of aryl methyl sites for hydroxylation is 1. The molecule has 0 aromatic carbocycles. The molecule has 1 rings (SSSR count). The molecule has 0 spiro atoms. The largest absolute Gasteiger partial charge is 0.300 e. The topological polar surface area (TPSA) is 30.0 Å². The number of hydrogen-bond donors (Lipinski definition) is 0. The van der Waals surface area contributed by atoms with Gasteiger partial charge in [-0.3, -0.25) is 9.78 Å². The molecule has 76 valence electrons. The third-order valence-corrected chi connectivity index (χ3v) is 2.47. The highest BCUT2D eigenvalue weighted by Crippen LogP contribution is 2.11. The van der Waals surface area contributed by atoms with Gasteiger partial charge in [-0.05, 0) is 38.8 Å². The van der Waals surface area contributed by atoms with E-state index >= 15 is 0 Å². The van der Waals surface area contributed by atoms with Crippen molar-refractivity contribution in [3.63, 3.8) is 0 Å². The van der Waals surface area contributed by atoms with Crippen LogP contribution in [0.4, 0.5) is 0 Å². The van der Waals surface area contributed by atoms with Crippen molar-refractivity contribution in [2.45, 2.75) is 33.6 Å². The highest BCUT2D eigenvalue weighted by Gasteiger charge is 2.12. The van der Waals surface area contributed by atoms with E-state index in [-0.39, 0.29) is 11.7 Å². The Labute approximate surface area is 85.4 Å². The Balaban J connectivity index is 2.72. The maximum Gasteiger partial charge on any atom is 0.133 e. The summed E-state index contributed by atoms with van der Waals surface area (Å²) in [5, 5.41) is 0. The molecule has 1 atom stereocenters. The molecular formula is C12H17NO. The second-order valence-electron chi connectivity index (χ2n) is 3.69. The summed E-state index contributed by atoms with van der Waals surface area (Å²) in [6, 6.07) is 5.95. The van der Waals surface area contributed by atoms with Crippen molar-refractivity contribution in [1.29, 1.82) is 0 Å². The minimum Gasteiger partial charge on any atom is -0.300 e. The molecule has 0 saturated carbocycles. The van der Waals surface area contributed by atoms with Crippen molar-refractivity contribution < 1.29 is 4.79 Å². The number of hydrogen-bond acceptors (Lipinski definition) is 2. The smallest absolute Gasteiger partial charge is 0.133 e. The van der Waals surface area contributed by atoms with Gasteiger partial charge < -0.3 is 0 Å². The minimum absolute atomic E-state index is 0.129. The number of carbonyl (C=O) groups is 1. The van der Waals surface area contributed by atoms with E-state index in [9.17, 15) is 4.79 Å². The van der Waals surface area contributed by atoms with Crippen LogP contribution in [0.15, 0.2) is 18.2 Å².